The molecule has 0 rings (SSSR count). The first-order valence-corrected chi connectivity index (χ1v) is 27.3. The van der Waals surface area contributed by atoms with Crippen LogP contribution in [0.4, 0.5) is 0 Å². The van der Waals surface area contributed by atoms with E-state index < -0.39 is 6.10 Å². The summed E-state index contributed by atoms with van der Waals surface area (Å²) < 4.78 is 16.7. The minimum atomic E-state index is -0.835. The predicted molar refractivity (Wildman–Crippen MR) is 297 cm³/mol. The van der Waals surface area contributed by atoms with E-state index in [4.69, 9.17) is 14.2 Å². The summed E-state index contributed by atoms with van der Waals surface area (Å²) in [6.45, 7) is 6.29. The third-order valence-corrected chi connectivity index (χ3v) is 10.8. The number of allylic oxidation sites excluding steroid dienone is 24. The highest BCUT2D eigenvalue weighted by Crippen LogP contribution is 2.13. The van der Waals surface area contributed by atoms with E-state index in [1.165, 1.54) is 51.4 Å². The third kappa shape index (κ3) is 54.1. The molecule has 0 aromatic heterocycles. The second kappa shape index (κ2) is 55.9. The highest BCUT2D eigenvalue weighted by molar-refractivity contribution is 5.71. The molecule has 0 amide bonds. The summed E-state index contributed by atoms with van der Waals surface area (Å²) in [5.74, 6) is -1.05. The van der Waals surface area contributed by atoms with Crippen LogP contribution in [-0.2, 0) is 28.6 Å². The molecule has 1 atom stereocenters. The van der Waals surface area contributed by atoms with Crippen LogP contribution in [0.2, 0.25) is 0 Å². The zero-order valence-electron chi connectivity index (χ0n) is 44.0. The molecule has 0 aromatic carbocycles. The number of esters is 3. The van der Waals surface area contributed by atoms with Crippen LogP contribution in [0.25, 0.3) is 0 Å². The molecule has 0 saturated heterocycles. The number of hydrogen-bond donors (Lipinski definition) is 0. The van der Waals surface area contributed by atoms with Crippen molar-refractivity contribution in [1.82, 2.24) is 0 Å². The van der Waals surface area contributed by atoms with Crippen LogP contribution in [-0.4, -0.2) is 37.2 Å². The van der Waals surface area contributed by atoms with Gasteiger partial charge >= 0.3 is 17.9 Å². The molecular formula is C63H98O6. The lowest BCUT2D eigenvalue weighted by molar-refractivity contribution is -0.167. The first kappa shape index (κ1) is 64.3. The number of rotatable bonds is 47. The lowest BCUT2D eigenvalue weighted by atomic mass is 10.1. The molecule has 6 nitrogen and oxygen atoms in total. The zero-order valence-corrected chi connectivity index (χ0v) is 44.0. The Hall–Kier alpha value is -4.71. The van der Waals surface area contributed by atoms with Crippen LogP contribution in [0.1, 0.15) is 213 Å². The number of unbranched alkanes of at least 4 members (excludes halogenated alkanes) is 12. The average Bonchev–Trinajstić information content (AvgIpc) is 3.35. The largest absolute Gasteiger partial charge is 0.462 e. The molecule has 0 radical (unpaired) electrons. The summed E-state index contributed by atoms with van der Waals surface area (Å²) in [7, 11) is 0. The second-order valence-corrected chi connectivity index (χ2v) is 17.4. The van der Waals surface area contributed by atoms with Crippen LogP contribution in [0.15, 0.2) is 146 Å². The lowest BCUT2D eigenvalue weighted by Crippen LogP contribution is -2.30. The van der Waals surface area contributed by atoms with Crippen molar-refractivity contribution >= 4 is 17.9 Å². The molecule has 0 aliphatic rings. The quantitative estimate of drug-likeness (QED) is 0.0262. The summed E-state index contributed by atoms with van der Waals surface area (Å²) in [5, 5.41) is 0. The Balaban J connectivity index is 4.56. The average molecular weight is 951 g/mol. The topological polar surface area (TPSA) is 78.9 Å². The predicted octanol–water partition coefficient (Wildman–Crippen LogP) is 18.4. The molecule has 6 heteroatoms. The number of carbonyl (C=O) groups excluding carboxylic acids is 3. The normalized spacial score (nSPS) is 13.3. The van der Waals surface area contributed by atoms with Crippen LogP contribution in [0.3, 0.4) is 0 Å². The molecule has 0 aliphatic carbocycles. The third-order valence-electron chi connectivity index (χ3n) is 10.8. The van der Waals surface area contributed by atoms with Crippen LogP contribution in [0.5, 0.6) is 0 Å². The Morgan fingerprint density at radius 3 is 0.884 bits per heavy atom. The van der Waals surface area contributed by atoms with E-state index in [9.17, 15) is 14.4 Å². The van der Waals surface area contributed by atoms with Crippen LogP contribution >= 0.6 is 0 Å². The van der Waals surface area contributed by atoms with E-state index in [1.807, 2.05) is 0 Å². The lowest BCUT2D eigenvalue weighted by Gasteiger charge is -2.18. The van der Waals surface area contributed by atoms with E-state index in [0.717, 1.165) is 109 Å². The summed E-state index contributed by atoms with van der Waals surface area (Å²) in [4.78, 5) is 38.0. The van der Waals surface area contributed by atoms with Crippen molar-refractivity contribution in [3.8, 4) is 0 Å². The van der Waals surface area contributed by atoms with Crippen molar-refractivity contribution in [3.05, 3.63) is 146 Å². The van der Waals surface area contributed by atoms with Gasteiger partial charge in [0.2, 0.25) is 0 Å². The van der Waals surface area contributed by atoms with Crippen molar-refractivity contribution in [1.29, 1.82) is 0 Å². The monoisotopic (exact) mass is 951 g/mol. The molecule has 386 valence electrons. The van der Waals surface area contributed by atoms with Crippen LogP contribution in [0, 0.1) is 0 Å². The molecule has 0 aromatic rings. The smallest absolute Gasteiger partial charge is 0.306 e. The molecule has 0 fully saturated rings. The molecule has 0 saturated carbocycles. The Bertz CT molecular complexity index is 1560. The van der Waals surface area contributed by atoms with Crippen molar-refractivity contribution in [3.63, 3.8) is 0 Å². The van der Waals surface area contributed by atoms with E-state index in [0.29, 0.717) is 19.3 Å². The fourth-order valence-electron chi connectivity index (χ4n) is 6.82. The standard InChI is InChI=1S/C63H98O6/c1-4-7-10-13-16-19-22-24-26-28-29-30-31-32-33-35-36-38-41-44-47-50-53-56-62(65)68-59-60(58-67-61(64)55-52-49-46-43-40-21-18-15-12-9-6-3)69-63(66)57-54-51-48-45-42-39-37-34-27-25-23-20-17-14-11-8-5-2/h7-8,10-11,16-17,19-20,24-27,29-30,32-33,36-39,44-45,47-48,60H,4-6,9,12-15,18,21-23,28,31,34-35,40-43,46,49-59H2,1-3H3/b10-7-,11-8-,19-16-,20-17-,26-24-,27-25-,30-29-,33-32-,38-36-,39-37-,47-44-,48-45-. The first-order chi connectivity index (χ1) is 34.0. The number of ether oxygens (including phenoxy) is 3. The van der Waals surface area contributed by atoms with Gasteiger partial charge in [0.05, 0.1) is 0 Å². The molecule has 0 bridgehead atoms. The fourth-order valence-corrected chi connectivity index (χ4v) is 6.82. The maximum Gasteiger partial charge on any atom is 0.306 e. The molecule has 69 heavy (non-hydrogen) atoms. The molecule has 1 unspecified atom stereocenters. The number of hydrogen-bond acceptors (Lipinski definition) is 6. The van der Waals surface area contributed by atoms with Gasteiger partial charge in [-0.05, 0) is 109 Å². The SMILES string of the molecule is CC/C=C\C/C=C\C/C=C\C/C=C\C/C=C\C/C=C\C/C=C\CCCC(=O)OCC(COC(=O)CCCCCCCCCCCCC)OC(=O)CCC/C=C\C/C=C\C/C=C\C/C=C\C/C=C\CC. The molecule has 0 aliphatic heterocycles. The van der Waals surface area contributed by atoms with Gasteiger partial charge in [-0.3, -0.25) is 14.4 Å². The molecule has 0 spiro atoms. The second-order valence-electron chi connectivity index (χ2n) is 17.4. The minimum Gasteiger partial charge on any atom is -0.462 e. The maximum atomic E-state index is 12.8. The van der Waals surface area contributed by atoms with E-state index >= 15 is 0 Å². The van der Waals surface area contributed by atoms with Gasteiger partial charge in [0.1, 0.15) is 13.2 Å². The van der Waals surface area contributed by atoms with Gasteiger partial charge in [0.15, 0.2) is 6.10 Å². The molecule has 0 N–H and O–H groups in total. The first-order valence-electron chi connectivity index (χ1n) is 27.3. The maximum absolute atomic E-state index is 12.8. The van der Waals surface area contributed by atoms with Gasteiger partial charge in [0.25, 0.3) is 0 Å². The van der Waals surface area contributed by atoms with Gasteiger partial charge in [-0.1, -0.05) is 231 Å². The van der Waals surface area contributed by atoms with E-state index in [1.54, 1.807) is 0 Å². The van der Waals surface area contributed by atoms with Gasteiger partial charge < -0.3 is 14.2 Å². The Kier molecular flexibility index (Phi) is 52.1. The van der Waals surface area contributed by atoms with E-state index in [-0.39, 0.29) is 44.0 Å². The fraction of sp³-hybridized carbons (Fsp3) is 0.571. The molecule has 0 heterocycles. The highest BCUT2D eigenvalue weighted by Gasteiger charge is 2.19. The Labute approximate surface area is 423 Å². The Morgan fingerprint density at radius 2 is 0.565 bits per heavy atom. The van der Waals surface area contributed by atoms with Gasteiger partial charge in [0, 0.05) is 19.3 Å². The summed E-state index contributed by atoms with van der Waals surface area (Å²) in [6, 6.07) is 0. The summed E-state index contributed by atoms with van der Waals surface area (Å²) >= 11 is 0. The highest BCUT2D eigenvalue weighted by atomic mass is 16.6. The van der Waals surface area contributed by atoms with Gasteiger partial charge in [-0.2, -0.15) is 0 Å². The van der Waals surface area contributed by atoms with Crippen LogP contribution < -0.4 is 0 Å². The molecular weight excluding hydrogens is 853 g/mol. The Morgan fingerprint density at radius 1 is 0.304 bits per heavy atom. The van der Waals surface area contributed by atoms with Crippen molar-refractivity contribution in [2.45, 2.75) is 219 Å². The summed E-state index contributed by atoms with van der Waals surface area (Å²) in [6.07, 6.45) is 79.9. The zero-order chi connectivity index (χ0) is 50.0. The summed E-state index contributed by atoms with van der Waals surface area (Å²) in [5.41, 5.74) is 0. The van der Waals surface area contributed by atoms with Crippen molar-refractivity contribution in [2.24, 2.45) is 0 Å². The van der Waals surface area contributed by atoms with E-state index in [2.05, 4.69) is 167 Å². The number of carbonyl (C=O) groups is 3. The van der Waals surface area contributed by atoms with Gasteiger partial charge in [-0.25, -0.2) is 0 Å². The van der Waals surface area contributed by atoms with Crippen molar-refractivity contribution in [2.75, 3.05) is 13.2 Å². The van der Waals surface area contributed by atoms with Crippen molar-refractivity contribution < 1.29 is 28.6 Å². The minimum absolute atomic E-state index is 0.123. The van der Waals surface area contributed by atoms with Gasteiger partial charge in [-0.15, -0.1) is 0 Å².